The van der Waals surface area contributed by atoms with Crippen LogP contribution in [-0.2, 0) is 19.2 Å². The molecule has 0 bridgehead atoms. The molecule has 5 amide bonds. The van der Waals surface area contributed by atoms with E-state index in [1.54, 1.807) is 4.90 Å². The minimum Gasteiger partial charge on any atom is -0.363 e. The van der Waals surface area contributed by atoms with E-state index in [1.807, 2.05) is 0 Å². The third kappa shape index (κ3) is 8.43. The van der Waals surface area contributed by atoms with Crippen molar-refractivity contribution >= 4 is 29.5 Å². The zero-order valence-electron chi connectivity index (χ0n) is 30.7. The number of ketones is 1. The molecule has 2 saturated heterocycles. The Labute approximate surface area is 293 Å². The monoisotopic (exact) mass is 685 g/mol. The molecule has 5 fully saturated rings. The minimum atomic E-state index is -1.06. The van der Waals surface area contributed by atoms with Gasteiger partial charge in [-0.1, -0.05) is 58.8 Å². The van der Waals surface area contributed by atoms with Gasteiger partial charge in [-0.25, -0.2) is 4.79 Å². The first-order valence-electron chi connectivity index (χ1n) is 19.2. The molecule has 276 valence electrons. The van der Waals surface area contributed by atoms with Gasteiger partial charge in [-0.3, -0.25) is 29.0 Å². The van der Waals surface area contributed by atoms with Crippen LogP contribution in [0.5, 0.6) is 0 Å². The van der Waals surface area contributed by atoms with Gasteiger partial charge in [0.15, 0.2) is 0 Å². The Morgan fingerprint density at radius 2 is 1.53 bits per heavy atom. The highest BCUT2D eigenvalue weighted by Gasteiger charge is 2.55. The van der Waals surface area contributed by atoms with Gasteiger partial charge in [0, 0.05) is 38.3 Å². The van der Waals surface area contributed by atoms with E-state index in [2.05, 4.69) is 60.5 Å². The van der Waals surface area contributed by atoms with E-state index < -0.39 is 29.7 Å². The van der Waals surface area contributed by atoms with Crippen molar-refractivity contribution in [1.29, 1.82) is 0 Å². The fourth-order valence-corrected chi connectivity index (χ4v) is 9.52. The summed E-state index contributed by atoms with van der Waals surface area (Å²) < 4.78 is 0. The van der Waals surface area contributed by atoms with Crippen LogP contribution in [0.25, 0.3) is 0 Å². The van der Waals surface area contributed by atoms with Crippen LogP contribution in [0, 0.1) is 23.2 Å². The molecule has 2 aliphatic heterocycles. The van der Waals surface area contributed by atoms with Gasteiger partial charge in [0.05, 0.1) is 18.1 Å². The quantitative estimate of drug-likeness (QED) is 0.217. The zero-order valence-corrected chi connectivity index (χ0v) is 30.7. The molecule has 2 heterocycles. The highest BCUT2D eigenvalue weighted by Crippen LogP contribution is 2.54. The first kappa shape index (κ1) is 37.5. The van der Waals surface area contributed by atoms with Gasteiger partial charge < -0.3 is 26.6 Å². The molecule has 0 aromatic carbocycles. The van der Waals surface area contributed by atoms with E-state index in [4.69, 9.17) is 5.73 Å². The predicted octanol–water partition coefficient (Wildman–Crippen LogP) is 2.79. The van der Waals surface area contributed by atoms with Gasteiger partial charge in [0.1, 0.15) is 6.04 Å². The fraction of sp³-hybridized carbons (Fsp3) is 0.865. The van der Waals surface area contributed by atoms with Crippen molar-refractivity contribution in [2.75, 3.05) is 39.8 Å². The zero-order chi connectivity index (χ0) is 35.5. The molecule has 49 heavy (non-hydrogen) atoms. The lowest BCUT2D eigenvalue weighted by Gasteiger charge is -2.47. The average molecular weight is 686 g/mol. The molecule has 5 atom stereocenters. The number of carbonyl (C=O) groups is 5. The average Bonchev–Trinajstić information content (AvgIpc) is 3.40. The maximum atomic E-state index is 14.0. The number of hydrogen-bond acceptors (Lipinski definition) is 7. The SMILES string of the molecule is CC(C)C1(C2CCC2)C[C@@H](C(=O)NC(CC2CCC2)C(=O)C(N)=O)N(C(=O)CNC(=O)NC2(CN3C[C@@H](C)N(C)[C@@H](C)C3)CCCCC2)C1. The van der Waals surface area contributed by atoms with E-state index >= 15 is 0 Å². The molecule has 2 unspecified atom stereocenters. The fourth-order valence-electron chi connectivity index (χ4n) is 9.52. The number of Topliss-reactive ketones (excluding diaryl/α,β-unsaturated/α-hetero) is 1. The number of likely N-dealkylation sites (N-methyl/N-ethyl adjacent to an activating group) is 1. The Morgan fingerprint density at radius 1 is 0.898 bits per heavy atom. The first-order chi connectivity index (χ1) is 23.2. The van der Waals surface area contributed by atoms with Crippen molar-refractivity contribution in [3.63, 3.8) is 0 Å². The van der Waals surface area contributed by atoms with E-state index in [0.717, 1.165) is 90.3 Å². The highest BCUT2D eigenvalue weighted by molar-refractivity contribution is 6.37. The van der Waals surface area contributed by atoms with Gasteiger partial charge in [-0.2, -0.15) is 0 Å². The number of primary amides is 1. The minimum absolute atomic E-state index is 0.223. The summed E-state index contributed by atoms with van der Waals surface area (Å²) in [5.74, 6) is -1.69. The molecule has 3 saturated carbocycles. The number of amides is 5. The standard InChI is InChI=1S/C37H63N7O5/c1-24(2)37(28-13-10-14-28)18-30(34(48)40-29(32(46)33(38)47)17-27-11-9-12-27)44(23-37)31(45)19-39-35(49)41-36(15-7-6-8-16-36)22-43-20-25(3)42(5)26(4)21-43/h24-30H,6-23H2,1-5H3,(H2,38,47)(H,40,48)(H2,39,41,49)/t25-,26+,29?,30-,37?/m0/s1. The number of rotatable bonds is 13. The van der Waals surface area contributed by atoms with E-state index in [1.165, 1.54) is 0 Å². The van der Waals surface area contributed by atoms with E-state index in [9.17, 15) is 24.0 Å². The predicted molar refractivity (Wildman–Crippen MR) is 188 cm³/mol. The first-order valence-corrected chi connectivity index (χ1v) is 19.2. The normalized spacial score (nSPS) is 30.2. The number of carbonyl (C=O) groups excluding carboxylic acids is 5. The highest BCUT2D eigenvalue weighted by atomic mass is 16.2. The number of nitrogens with one attached hydrogen (secondary N) is 3. The number of piperazine rings is 1. The smallest absolute Gasteiger partial charge is 0.315 e. The molecule has 0 aromatic rings. The Kier molecular flexibility index (Phi) is 12.0. The second kappa shape index (κ2) is 15.7. The van der Waals surface area contributed by atoms with Gasteiger partial charge in [0.2, 0.25) is 17.6 Å². The number of likely N-dealkylation sites (tertiary alicyclic amines) is 1. The number of nitrogens with two attached hydrogens (primary N) is 1. The molecule has 0 radical (unpaired) electrons. The van der Waals surface area contributed by atoms with Gasteiger partial charge in [0.25, 0.3) is 5.91 Å². The lowest BCUT2D eigenvalue weighted by molar-refractivity contribution is -0.141. The van der Waals surface area contributed by atoms with Crippen LogP contribution in [0.1, 0.15) is 111 Å². The largest absolute Gasteiger partial charge is 0.363 e. The van der Waals surface area contributed by atoms with Crippen LogP contribution >= 0.6 is 0 Å². The summed E-state index contributed by atoms with van der Waals surface area (Å²) in [7, 11) is 2.17. The summed E-state index contributed by atoms with van der Waals surface area (Å²) >= 11 is 0. The van der Waals surface area contributed by atoms with Gasteiger partial charge in [-0.05, 0) is 82.6 Å². The lowest BCUT2D eigenvalue weighted by atomic mass is 9.59. The number of nitrogens with zero attached hydrogens (tertiary/aromatic N) is 3. The van der Waals surface area contributed by atoms with E-state index in [0.29, 0.717) is 37.4 Å². The van der Waals surface area contributed by atoms with Crippen molar-refractivity contribution in [3.05, 3.63) is 0 Å². The summed E-state index contributed by atoms with van der Waals surface area (Å²) in [6, 6.07) is -1.28. The van der Waals surface area contributed by atoms with Crippen molar-refractivity contribution < 1.29 is 24.0 Å². The second-order valence-corrected chi connectivity index (χ2v) is 16.8. The summed E-state index contributed by atoms with van der Waals surface area (Å²) in [6.45, 7) is 11.7. The maximum absolute atomic E-state index is 14.0. The topological polar surface area (TPSA) is 157 Å². The van der Waals surface area contributed by atoms with Crippen molar-refractivity contribution in [2.45, 2.75) is 141 Å². The Morgan fingerprint density at radius 3 is 2.06 bits per heavy atom. The second-order valence-electron chi connectivity index (χ2n) is 16.8. The lowest BCUT2D eigenvalue weighted by Crippen LogP contribution is -2.63. The molecule has 0 spiro atoms. The molecule has 0 aromatic heterocycles. The van der Waals surface area contributed by atoms with Crippen LogP contribution in [0.3, 0.4) is 0 Å². The van der Waals surface area contributed by atoms with Crippen LogP contribution in [0.4, 0.5) is 4.79 Å². The number of urea groups is 1. The summed E-state index contributed by atoms with van der Waals surface area (Å²) in [4.78, 5) is 72.7. The summed E-state index contributed by atoms with van der Waals surface area (Å²) in [5.41, 5.74) is 4.80. The van der Waals surface area contributed by atoms with Crippen LogP contribution < -0.4 is 21.7 Å². The maximum Gasteiger partial charge on any atom is 0.315 e. The molecule has 5 N–H and O–H groups in total. The number of hydrogen-bond donors (Lipinski definition) is 4. The molecule has 5 rings (SSSR count). The molecular formula is C37H63N7O5. The molecular weight excluding hydrogens is 622 g/mol. The summed E-state index contributed by atoms with van der Waals surface area (Å²) in [5, 5.41) is 9.04. The third-order valence-electron chi connectivity index (χ3n) is 13.3. The van der Waals surface area contributed by atoms with Gasteiger partial charge >= 0.3 is 6.03 Å². The Balaban J connectivity index is 1.27. The van der Waals surface area contributed by atoms with Crippen LogP contribution in [0.2, 0.25) is 0 Å². The Bertz CT molecular complexity index is 1220. The van der Waals surface area contributed by atoms with E-state index in [-0.39, 0.29) is 41.3 Å². The van der Waals surface area contributed by atoms with Crippen molar-refractivity contribution in [3.8, 4) is 0 Å². The van der Waals surface area contributed by atoms with Crippen molar-refractivity contribution in [2.24, 2.45) is 28.9 Å². The van der Waals surface area contributed by atoms with Crippen molar-refractivity contribution in [1.82, 2.24) is 30.7 Å². The van der Waals surface area contributed by atoms with Crippen LogP contribution in [0.15, 0.2) is 0 Å². The molecule has 5 aliphatic rings. The Hall–Kier alpha value is -2.73. The summed E-state index contributed by atoms with van der Waals surface area (Å²) in [6.07, 6.45) is 12.2. The molecule has 3 aliphatic carbocycles. The van der Waals surface area contributed by atoms with Crippen LogP contribution in [-0.4, -0.2) is 114 Å². The molecule has 12 heteroatoms. The van der Waals surface area contributed by atoms with Gasteiger partial charge in [-0.15, -0.1) is 0 Å². The molecule has 12 nitrogen and oxygen atoms in total. The third-order valence-corrected chi connectivity index (χ3v) is 13.3.